The predicted molar refractivity (Wildman–Crippen MR) is 112 cm³/mol. The fraction of sp³-hybridized carbons (Fsp3) is 0.238. The number of benzene rings is 1. The van der Waals surface area contributed by atoms with Gasteiger partial charge >= 0.3 is 11.7 Å². The second-order valence-corrected chi connectivity index (χ2v) is 7.21. The number of fused-ring (bicyclic) bond motifs is 2. The Balaban J connectivity index is 1.36. The molecular formula is C21H18N4O7. The highest BCUT2D eigenvalue weighted by atomic mass is 16.6. The first-order chi connectivity index (χ1) is 15.3. The number of pyridine rings is 1. The fourth-order valence-electron chi connectivity index (χ4n) is 3.32. The number of nitrogens with zero attached hydrogens (tertiary/aromatic N) is 4. The van der Waals surface area contributed by atoms with E-state index in [1.54, 1.807) is 18.3 Å². The van der Waals surface area contributed by atoms with E-state index in [2.05, 4.69) is 4.98 Å². The van der Waals surface area contributed by atoms with Crippen molar-refractivity contribution in [1.82, 2.24) is 14.0 Å². The second-order valence-electron chi connectivity index (χ2n) is 7.21. The van der Waals surface area contributed by atoms with Crippen molar-refractivity contribution in [3.63, 3.8) is 0 Å². The van der Waals surface area contributed by atoms with E-state index in [1.807, 2.05) is 6.92 Å². The van der Waals surface area contributed by atoms with E-state index in [1.165, 1.54) is 33.2 Å². The summed E-state index contributed by atoms with van der Waals surface area (Å²) in [6.07, 6.45) is 1.95. The number of aromatic nitrogens is 3. The predicted octanol–water partition coefficient (Wildman–Crippen LogP) is 2.34. The van der Waals surface area contributed by atoms with Crippen LogP contribution in [0.3, 0.4) is 0 Å². The molecule has 0 spiro atoms. The first-order valence-corrected chi connectivity index (χ1v) is 9.74. The van der Waals surface area contributed by atoms with Gasteiger partial charge in [-0.25, -0.2) is 9.78 Å². The molecule has 0 saturated heterocycles. The van der Waals surface area contributed by atoms with Crippen LogP contribution < -0.4 is 11.3 Å². The van der Waals surface area contributed by atoms with Gasteiger partial charge in [0.05, 0.1) is 22.2 Å². The molecule has 0 aliphatic rings. The number of hydrogen-bond acceptors (Lipinski definition) is 8. The van der Waals surface area contributed by atoms with E-state index in [4.69, 9.17) is 9.15 Å². The summed E-state index contributed by atoms with van der Waals surface area (Å²) in [6.45, 7) is 1.92. The van der Waals surface area contributed by atoms with E-state index in [0.717, 1.165) is 5.56 Å². The fourth-order valence-corrected chi connectivity index (χ4v) is 3.32. The Morgan fingerprint density at radius 1 is 1.22 bits per heavy atom. The van der Waals surface area contributed by atoms with Gasteiger partial charge in [0.2, 0.25) is 0 Å². The lowest BCUT2D eigenvalue weighted by Crippen LogP contribution is -2.17. The number of non-ortho nitro benzene ring substituents is 1. The molecule has 0 aliphatic heterocycles. The number of carbonyl (C=O) groups excluding carboxylic acids is 1. The van der Waals surface area contributed by atoms with Crippen molar-refractivity contribution in [3.8, 4) is 0 Å². The summed E-state index contributed by atoms with van der Waals surface area (Å²) in [6, 6.07) is 8.76. The molecule has 32 heavy (non-hydrogen) atoms. The summed E-state index contributed by atoms with van der Waals surface area (Å²) in [5, 5.41) is 10.9. The molecule has 4 rings (SSSR count). The molecule has 0 aliphatic carbocycles. The van der Waals surface area contributed by atoms with Crippen LogP contribution in [0.4, 0.5) is 5.69 Å². The normalized spacial score (nSPS) is 11.2. The quantitative estimate of drug-likeness (QED) is 0.243. The van der Waals surface area contributed by atoms with Crippen LogP contribution in [0.25, 0.3) is 16.7 Å². The Morgan fingerprint density at radius 3 is 2.81 bits per heavy atom. The van der Waals surface area contributed by atoms with Gasteiger partial charge in [0.15, 0.2) is 5.58 Å². The molecule has 0 fully saturated rings. The standard InChI is InChI=1S/C21H18N4O7/c1-13-6-8-24-18(9-13)22-14(10-19(24)26)12-31-20(27)3-2-7-23-16-5-4-15(25(29)30)11-17(16)32-21(23)28/h4-6,8-11H,2-3,7,12H2,1H3. The van der Waals surface area contributed by atoms with Crippen molar-refractivity contribution in [2.75, 3.05) is 0 Å². The number of carbonyl (C=O) groups is 1. The van der Waals surface area contributed by atoms with E-state index < -0.39 is 16.6 Å². The summed E-state index contributed by atoms with van der Waals surface area (Å²) in [5.74, 6) is -1.17. The molecule has 0 radical (unpaired) electrons. The summed E-state index contributed by atoms with van der Waals surface area (Å²) >= 11 is 0. The van der Waals surface area contributed by atoms with E-state index in [-0.39, 0.29) is 42.8 Å². The molecule has 0 N–H and O–H groups in total. The molecule has 4 aromatic rings. The number of esters is 1. The Bertz CT molecular complexity index is 1460. The van der Waals surface area contributed by atoms with Crippen molar-refractivity contribution in [1.29, 1.82) is 0 Å². The van der Waals surface area contributed by atoms with Gasteiger partial charge < -0.3 is 9.15 Å². The van der Waals surface area contributed by atoms with Gasteiger partial charge in [-0.2, -0.15) is 0 Å². The Hall–Kier alpha value is -4.28. The molecule has 3 heterocycles. The highest BCUT2D eigenvalue weighted by Crippen LogP contribution is 2.20. The van der Waals surface area contributed by atoms with Crippen LogP contribution >= 0.6 is 0 Å². The Morgan fingerprint density at radius 2 is 2.03 bits per heavy atom. The number of aryl methyl sites for hydroxylation is 2. The Kier molecular flexibility index (Phi) is 5.54. The highest BCUT2D eigenvalue weighted by molar-refractivity contribution is 5.75. The van der Waals surface area contributed by atoms with Crippen LogP contribution in [0.5, 0.6) is 0 Å². The van der Waals surface area contributed by atoms with Crippen LogP contribution in [0.15, 0.2) is 56.6 Å². The molecule has 164 valence electrons. The first kappa shape index (κ1) is 21.0. The third kappa shape index (κ3) is 4.26. The van der Waals surface area contributed by atoms with Gasteiger partial charge in [0.25, 0.3) is 11.2 Å². The van der Waals surface area contributed by atoms with E-state index in [9.17, 15) is 24.5 Å². The molecule has 0 bridgehead atoms. The molecule has 0 atom stereocenters. The molecule has 3 aromatic heterocycles. The number of oxazole rings is 1. The van der Waals surface area contributed by atoms with Crippen molar-refractivity contribution < 1.29 is 18.9 Å². The summed E-state index contributed by atoms with van der Waals surface area (Å²) < 4.78 is 13.0. The first-order valence-electron chi connectivity index (χ1n) is 9.74. The zero-order valence-electron chi connectivity index (χ0n) is 17.0. The van der Waals surface area contributed by atoms with E-state index >= 15 is 0 Å². The summed E-state index contributed by atoms with van der Waals surface area (Å²) in [4.78, 5) is 50.9. The van der Waals surface area contributed by atoms with Gasteiger partial charge in [-0.05, 0) is 37.1 Å². The molecule has 11 nitrogen and oxygen atoms in total. The second kappa shape index (κ2) is 8.46. The van der Waals surface area contributed by atoms with Crippen molar-refractivity contribution >= 4 is 28.4 Å². The smallest absolute Gasteiger partial charge is 0.419 e. The van der Waals surface area contributed by atoms with Crippen LogP contribution in [0.2, 0.25) is 0 Å². The molecule has 0 saturated carbocycles. The molecule has 11 heteroatoms. The Labute approximate surface area is 179 Å². The lowest BCUT2D eigenvalue weighted by molar-refractivity contribution is -0.384. The van der Waals surface area contributed by atoms with Crippen molar-refractivity contribution in [3.05, 3.63) is 84.9 Å². The van der Waals surface area contributed by atoms with Gasteiger partial charge in [0.1, 0.15) is 12.3 Å². The molecule has 1 aromatic carbocycles. The third-order valence-corrected chi connectivity index (χ3v) is 4.88. The number of nitro groups is 1. The lowest BCUT2D eigenvalue weighted by atomic mass is 10.2. The van der Waals surface area contributed by atoms with Gasteiger partial charge in [-0.3, -0.25) is 28.7 Å². The monoisotopic (exact) mass is 438 g/mol. The number of ether oxygens (including phenoxy) is 1. The molecular weight excluding hydrogens is 420 g/mol. The zero-order chi connectivity index (χ0) is 22.8. The topological polar surface area (TPSA) is 139 Å². The van der Waals surface area contributed by atoms with E-state index in [0.29, 0.717) is 16.9 Å². The maximum atomic E-state index is 12.2. The minimum Gasteiger partial charge on any atom is -0.459 e. The van der Waals surface area contributed by atoms with Gasteiger partial charge in [0, 0.05) is 31.3 Å². The lowest BCUT2D eigenvalue weighted by Gasteiger charge is -2.07. The van der Waals surface area contributed by atoms with Crippen molar-refractivity contribution in [2.45, 2.75) is 32.9 Å². The number of rotatable bonds is 7. The minimum absolute atomic E-state index is 0.0256. The molecule has 0 amide bonds. The minimum atomic E-state index is -0.662. The number of nitro benzene ring substituents is 1. The van der Waals surface area contributed by atoms with Crippen LogP contribution in [-0.2, 0) is 22.7 Å². The van der Waals surface area contributed by atoms with Crippen LogP contribution in [-0.4, -0.2) is 24.8 Å². The van der Waals surface area contributed by atoms with Crippen molar-refractivity contribution in [2.24, 2.45) is 0 Å². The summed E-state index contributed by atoms with van der Waals surface area (Å²) in [5.41, 5.74) is 1.82. The largest absolute Gasteiger partial charge is 0.459 e. The average molecular weight is 438 g/mol. The third-order valence-electron chi connectivity index (χ3n) is 4.88. The number of hydrogen-bond donors (Lipinski definition) is 0. The van der Waals surface area contributed by atoms with Crippen LogP contribution in [0.1, 0.15) is 24.1 Å². The summed E-state index contributed by atoms with van der Waals surface area (Å²) in [7, 11) is 0. The van der Waals surface area contributed by atoms with Gasteiger partial charge in [-0.1, -0.05) is 0 Å². The van der Waals surface area contributed by atoms with Gasteiger partial charge in [-0.15, -0.1) is 0 Å². The SMILES string of the molecule is Cc1ccn2c(=O)cc(COC(=O)CCCn3c(=O)oc4cc([N+](=O)[O-])ccc43)nc2c1. The zero-order valence-corrected chi connectivity index (χ0v) is 17.0. The maximum Gasteiger partial charge on any atom is 0.419 e. The highest BCUT2D eigenvalue weighted by Gasteiger charge is 2.14. The maximum absolute atomic E-state index is 12.2. The van der Waals surface area contributed by atoms with Crippen LogP contribution in [0, 0.1) is 17.0 Å². The molecule has 0 unspecified atom stereocenters. The average Bonchev–Trinajstić information content (AvgIpc) is 3.06.